The third-order valence-electron chi connectivity index (χ3n) is 5.22. The van der Waals surface area contributed by atoms with Crippen LogP contribution < -0.4 is 10.6 Å². The highest BCUT2D eigenvalue weighted by Crippen LogP contribution is 2.39. The Labute approximate surface area is 167 Å². The van der Waals surface area contributed by atoms with Crippen LogP contribution in [0, 0.1) is 10.1 Å². The summed E-state index contributed by atoms with van der Waals surface area (Å²) in [5, 5.41) is 18.4. The van der Waals surface area contributed by atoms with Crippen LogP contribution >= 0.6 is 11.3 Å². The van der Waals surface area contributed by atoms with Crippen LogP contribution in [0.25, 0.3) is 6.08 Å². The third-order valence-corrected chi connectivity index (χ3v) is 6.37. The first-order chi connectivity index (χ1) is 13.4. The molecule has 0 aliphatic carbocycles. The molecule has 2 aromatic rings. The molecule has 8 heteroatoms. The van der Waals surface area contributed by atoms with E-state index in [1.165, 1.54) is 10.9 Å². The highest BCUT2D eigenvalue weighted by atomic mass is 32.1. The number of fused-ring (bicyclic) bond motifs is 3. The normalized spacial score (nSPS) is 19.2. The van der Waals surface area contributed by atoms with Gasteiger partial charge in [-0.05, 0) is 44.1 Å². The Morgan fingerprint density at radius 1 is 1.32 bits per heavy atom. The molecule has 1 aromatic carbocycles. The van der Waals surface area contributed by atoms with Crippen LogP contribution in [-0.2, 0) is 13.0 Å². The lowest BCUT2D eigenvalue weighted by molar-refractivity contribution is -0.385. The molecule has 0 bridgehead atoms. The fourth-order valence-electron chi connectivity index (χ4n) is 3.69. The minimum absolute atomic E-state index is 0.0435. The van der Waals surface area contributed by atoms with Crippen molar-refractivity contribution in [2.75, 3.05) is 11.9 Å². The van der Waals surface area contributed by atoms with Gasteiger partial charge in [0.1, 0.15) is 11.2 Å². The number of nitro groups is 1. The number of rotatable bonds is 4. The Morgan fingerprint density at radius 3 is 2.86 bits per heavy atom. The summed E-state index contributed by atoms with van der Waals surface area (Å²) in [7, 11) is 0. The molecule has 7 nitrogen and oxygen atoms in total. The van der Waals surface area contributed by atoms with Crippen molar-refractivity contribution in [1.82, 2.24) is 10.2 Å². The molecule has 2 aliphatic heterocycles. The van der Waals surface area contributed by atoms with Gasteiger partial charge in [0.05, 0.1) is 16.1 Å². The standard InChI is InChI=1S/C20H22N4O3S/c1-12(2)23-10-9-14-16(11-23)28-20-18(14)19(25)21-17(22-20)8-7-13-5-3-4-6-15(13)24(26)27/h3-8,12,17,22H,9-11H2,1-2H3,(H,21,25)/b8-7-/t17-/m0/s1. The third kappa shape index (κ3) is 3.41. The minimum atomic E-state index is -0.404. The monoisotopic (exact) mass is 398 g/mol. The molecule has 0 unspecified atom stereocenters. The summed E-state index contributed by atoms with van der Waals surface area (Å²) in [5.74, 6) is -0.0820. The Kier molecular flexibility index (Phi) is 4.91. The van der Waals surface area contributed by atoms with Crippen molar-refractivity contribution in [1.29, 1.82) is 0 Å². The number of carbonyl (C=O) groups is 1. The maximum Gasteiger partial charge on any atom is 0.276 e. The van der Waals surface area contributed by atoms with E-state index in [2.05, 4.69) is 29.4 Å². The molecule has 4 rings (SSSR count). The average Bonchev–Trinajstić information content (AvgIpc) is 3.04. The number of nitro benzene ring substituents is 1. The number of para-hydroxylation sites is 1. The van der Waals surface area contributed by atoms with Gasteiger partial charge in [0.15, 0.2) is 0 Å². The number of hydrogen-bond donors (Lipinski definition) is 2. The molecular weight excluding hydrogens is 376 g/mol. The van der Waals surface area contributed by atoms with E-state index < -0.39 is 11.1 Å². The zero-order valence-electron chi connectivity index (χ0n) is 15.8. The molecule has 146 valence electrons. The number of carbonyl (C=O) groups excluding carboxylic acids is 1. The van der Waals surface area contributed by atoms with E-state index in [1.807, 2.05) is 0 Å². The van der Waals surface area contributed by atoms with Gasteiger partial charge in [-0.1, -0.05) is 12.1 Å². The van der Waals surface area contributed by atoms with E-state index >= 15 is 0 Å². The summed E-state index contributed by atoms with van der Waals surface area (Å²) < 4.78 is 0. The number of nitrogens with one attached hydrogen (secondary N) is 2. The SMILES string of the molecule is CC(C)N1CCc2c(sc3c2C(=O)N[C@H](/C=C\c2ccccc2[N+](=O)[O-])N3)C1. The molecule has 3 heterocycles. The van der Waals surface area contributed by atoms with Gasteiger partial charge in [-0.15, -0.1) is 11.3 Å². The van der Waals surface area contributed by atoms with Crippen molar-refractivity contribution in [2.45, 2.75) is 39.0 Å². The highest BCUT2D eigenvalue weighted by molar-refractivity contribution is 7.16. The molecule has 0 saturated carbocycles. The summed E-state index contributed by atoms with van der Waals surface area (Å²) in [6.07, 6.45) is 3.91. The van der Waals surface area contributed by atoms with Crippen LogP contribution in [0.5, 0.6) is 0 Å². The summed E-state index contributed by atoms with van der Waals surface area (Å²) >= 11 is 1.64. The first kappa shape index (κ1) is 18.6. The van der Waals surface area contributed by atoms with Crippen LogP contribution in [0.15, 0.2) is 30.3 Å². The molecular formula is C20H22N4O3S. The number of amides is 1. The van der Waals surface area contributed by atoms with Crippen LogP contribution in [-0.4, -0.2) is 34.5 Å². The molecule has 28 heavy (non-hydrogen) atoms. The van der Waals surface area contributed by atoms with E-state index in [0.29, 0.717) is 11.6 Å². The lowest BCUT2D eigenvalue weighted by Crippen LogP contribution is -2.43. The number of nitrogens with zero attached hydrogens (tertiary/aromatic N) is 2. The van der Waals surface area contributed by atoms with Crippen molar-refractivity contribution >= 4 is 34.0 Å². The van der Waals surface area contributed by atoms with Crippen molar-refractivity contribution < 1.29 is 9.72 Å². The molecule has 1 atom stereocenters. The lowest BCUT2D eigenvalue weighted by atomic mass is 10.0. The van der Waals surface area contributed by atoms with Gasteiger partial charge in [-0.2, -0.15) is 0 Å². The van der Waals surface area contributed by atoms with E-state index in [9.17, 15) is 14.9 Å². The summed E-state index contributed by atoms with van der Waals surface area (Å²) in [6.45, 7) is 6.21. The largest absolute Gasteiger partial charge is 0.353 e. The van der Waals surface area contributed by atoms with E-state index in [0.717, 1.165) is 35.6 Å². The fourth-order valence-corrected chi connectivity index (χ4v) is 5.00. The first-order valence-electron chi connectivity index (χ1n) is 9.31. The van der Waals surface area contributed by atoms with Gasteiger partial charge in [0.25, 0.3) is 11.6 Å². The number of hydrogen-bond acceptors (Lipinski definition) is 6. The predicted molar refractivity (Wildman–Crippen MR) is 111 cm³/mol. The van der Waals surface area contributed by atoms with Gasteiger partial charge >= 0.3 is 0 Å². The van der Waals surface area contributed by atoms with Crippen LogP contribution in [0.4, 0.5) is 10.7 Å². The Hall–Kier alpha value is -2.71. The first-order valence-corrected chi connectivity index (χ1v) is 10.1. The zero-order chi connectivity index (χ0) is 19.8. The van der Waals surface area contributed by atoms with Crippen molar-refractivity contribution in [3.8, 4) is 0 Å². The van der Waals surface area contributed by atoms with Gasteiger partial charge < -0.3 is 10.6 Å². The maximum absolute atomic E-state index is 12.7. The minimum Gasteiger partial charge on any atom is -0.353 e. The maximum atomic E-state index is 12.7. The van der Waals surface area contributed by atoms with Gasteiger partial charge in [-0.25, -0.2) is 0 Å². The molecule has 0 radical (unpaired) electrons. The van der Waals surface area contributed by atoms with Crippen LogP contribution in [0.1, 0.15) is 40.2 Å². The number of thiophene rings is 1. The van der Waals surface area contributed by atoms with Gasteiger partial charge in [0.2, 0.25) is 0 Å². The topological polar surface area (TPSA) is 87.5 Å². The van der Waals surface area contributed by atoms with Gasteiger partial charge in [-0.3, -0.25) is 19.8 Å². The lowest BCUT2D eigenvalue weighted by Gasteiger charge is -2.30. The quantitative estimate of drug-likeness (QED) is 0.607. The molecule has 2 aliphatic rings. The Bertz CT molecular complexity index is 966. The van der Waals surface area contributed by atoms with Gasteiger partial charge in [0, 0.05) is 30.1 Å². The smallest absolute Gasteiger partial charge is 0.276 e. The fraction of sp³-hybridized carbons (Fsp3) is 0.350. The average molecular weight is 398 g/mol. The summed E-state index contributed by atoms with van der Waals surface area (Å²) in [5.41, 5.74) is 2.47. The van der Waals surface area contributed by atoms with Crippen molar-refractivity contribution in [3.63, 3.8) is 0 Å². The second-order valence-corrected chi connectivity index (χ2v) is 8.40. The Morgan fingerprint density at radius 2 is 2.11 bits per heavy atom. The van der Waals surface area contributed by atoms with Crippen molar-refractivity contribution in [3.05, 3.63) is 62.0 Å². The van der Waals surface area contributed by atoms with E-state index in [4.69, 9.17) is 0 Å². The molecule has 0 saturated heterocycles. The summed E-state index contributed by atoms with van der Waals surface area (Å²) in [4.78, 5) is 27.1. The van der Waals surface area contributed by atoms with Crippen LogP contribution in [0.3, 0.4) is 0 Å². The molecule has 1 aromatic heterocycles. The van der Waals surface area contributed by atoms with Crippen molar-refractivity contribution in [2.24, 2.45) is 0 Å². The Balaban J connectivity index is 1.56. The molecule has 1 amide bonds. The number of anilines is 1. The van der Waals surface area contributed by atoms with E-state index in [-0.39, 0.29) is 11.6 Å². The zero-order valence-corrected chi connectivity index (χ0v) is 16.6. The molecule has 2 N–H and O–H groups in total. The number of benzene rings is 1. The van der Waals surface area contributed by atoms with E-state index in [1.54, 1.807) is 41.7 Å². The second-order valence-electron chi connectivity index (χ2n) is 7.29. The molecule has 0 fully saturated rings. The predicted octanol–water partition coefficient (Wildman–Crippen LogP) is 3.62. The highest BCUT2D eigenvalue weighted by Gasteiger charge is 2.32. The molecule has 0 spiro atoms. The van der Waals surface area contributed by atoms with Crippen LogP contribution in [0.2, 0.25) is 0 Å². The summed E-state index contributed by atoms with van der Waals surface area (Å²) in [6, 6.07) is 7.03. The second kappa shape index (κ2) is 7.37.